The van der Waals surface area contributed by atoms with Crippen LogP contribution in [0.4, 0.5) is 0 Å². The Hall–Kier alpha value is -0.870. The summed E-state index contributed by atoms with van der Waals surface area (Å²) in [6, 6.07) is -0.0468. The van der Waals surface area contributed by atoms with Crippen LogP contribution in [0.3, 0.4) is 0 Å². The zero-order valence-corrected chi connectivity index (χ0v) is 8.67. The van der Waals surface area contributed by atoms with E-state index in [2.05, 4.69) is 0 Å². The number of esters is 1. The first kappa shape index (κ1) is 14.6. The summed E-state index contributed by atoms with van der Waals surface area (Å²) in [5, 5.41) is 0. The minimum atomic E-state index is -0.276. The lowest BCUT2D eigenvalue weighted by molar-refractivity contribution is -0.138. The van der Waals surface area contributed by atoms with Gasteiger partial charge in [0.15, 0.2) is 0 Å². The Morgan fingerprint density at radius 1 is 1.54 bits per heavy atom. The lowest BCUT2D eigenvalue weighted by atomic mass is 10.1. The molecule has 0 aliphatic heterocycles. The van der Waals surface area contributed by atoms with Gasteiger partial charge in [0.2, 0.25) is 0 Å². The molecule has 5 N–H and O–H groups in total. The van der Waals surface area contributed by atoms with Crippen molar-refractivity contribution in [3.8, 4) is 0 Å². The van der Waals surface area contributed by atoms with E-state index in [1.165, 1.54) is 0 Å². The van der Waals surface area contributed by atoms with Crippen LogP contribution in [0.15, 0.2) is 11.6 Å². The van der Waals surface area contributed by atoms with E-state index in [4.69, 9.17) is 10.5 Å². The van der Waals surface area contributed by atoms with Crippen molar-refractivity contribution in [2.24, 2.45) is 5.73 Å². The third-order valence-electron chi connectivity index (χ3n) is 1.53. The maximum Gasteiger partial charge on any atom is 0.333 e. The SMILES string of the molecule is CCOC(=O)C(C)=CC(N)CC.N. The van der Waals surface area contributed by atoms with Crippen LogP contribution in [0.25, 0.3) is 0 Å². The van der Waals surface area contributed by atoms with E-state index in [1.54, 1.807) is 19.9 Å². The molecule has 4 nitrogen and oxygen atoms in total. The molecule has 78 valence electrons. The van der Waals surface area contributed by atoms with Crippen LogP contribution in [0.2, 0.25) is 0 Å². The molecule has 0 spiro atoms. The standard InChI is InChI=1S/C9H17NO2.H3N/c1-4-8(10)6-7(3)9(11)12-5-2;/h6,8H,4-5,10H2,1-3H3;1H3. The third-order valence-corrected chi connectivity index (χ3v) is 1.53. The van der Waals surface area contributed by atoms with Gasteiger partial charge < -0.3 is 16.6 Å². The lowest BCUT2D eigenvalue weighted by Gasteiger charge is -2.04. The zero-order valence-electron chi connectivity index (χ0n) is 8.67. The predicted octanol–water partition coefficient (Wildman–Crippen LogP) is 1.40. The molecule has 0 aliphatic rings. The van der Waals surface area contributed by atoms with E-state index in [0.29, 0.717) is 12.2 Å². The normalized spacial score (nSPS) is 13.1. The molecule has 0 aliphatic carbocycles. The first-order chi connectivity index (χ1) is 5.61. The summed E-state index contributed by atoms with van der Waals surface area (Å²) < 4.78 is 4.79. The molecule has 0 saturated carbocycles. The van der Waals surface area contributed by atoms with Gasteiger partial charge in [0.05, 0.1) is 6.61 Å². The highest BCUT2D eigenvalue weighted by atomic mass is 16.5. The monoisotopic (exact) mass is 188 g/mol. The van der Waals surface area contributed by atoms with E-state index >= 15 is 0 Å². The van der Waals surface area contributed by atoms with E-state index in [1.807, 2.05) is 6.92 Å². The third kappa shape index (κ3) is 6.31. The second kappa shape index (κ2) is 7.76. The van der Waals surface area contributed by atoms with Gasteiger partial charge >= 0.3 is 5.97 Å². The molecular formula is C9H20N2O2. The van der Waals surface area contributed by atoms with E-state index in [-0.39, 0.29) is 18.2 Å². The van der Waals surface area contributed by atoms with Crippen molar-refractivity contribution in [1.29, 1.82) is 0 Å². The molecule has 0 rings (SSSR count). The smallest absolute Gasteiger partial charge is 0.333 e. The Labute approximate surface area is 79.7 Å². The number of nitrogens with two attached hydrogens (primary N) is 1. The molecule has 0 heterocycles. The number of carbonyl (C=O) groups is 1. The summed E-state index contributed by atoms with van der Waals surface area (Å²) in [5.41, 5.74) is 6.21. The maximum atomic E-state index is 11.0. The fourth-order valence-electron chi connectivity index (χ4n) is 0.752. The van der Waals surface area contributed by atoms with Crippen LogP contribution in [0, 0.1) is 0 Å². The molecule has 4 heteroatoms. The van der Waals surface area contributed by atoms with Crippen LogP contribution < -0.4 is 11.9 Å². The molecule has 1 atom stereocenters. The zero-order chi connectivity index (χ0) is 9.56. The summed E-state index contributed by atoms with van der Waals surface area (Å²) in [6.07, 6.45) is 2.56. The van der Waals surface area contributed by atoms with Crippen molar-refractivity contribution in [3.05, 3.63) is 11.6 Å². The van der Waals surface area contributed by atoms with Crippen molar-refractivity contribution in [2.75, 3.05) is 6.61 Å². The first-order valence-corrected chi connectivity index (χ1v) is 4.22. The molecule has 0 radical (unpaired) electrons. The fraction of sp³-hybridized carbons (Fsp3) is 0.667. The average Bonchev–Trinajstić information content (AvgIpc) is 2.04. The van der Waals surface area contributed by atoms with Crippen LogP contribution >= 0.6 is 0 Å². The summed E-state index contributed by atoms with van der Waals surface area (Å²) in [4.78, 5) is 11.0. The topological polar surface area (TPSA) is 87.3 Å². The maximum absolute atomic E-state index is 11.0. The Kier molecular flexibility index (Phi) is 8.74. The Bertz CT molecular complexity index is 178. The van der Waals surface area contributed by atoms with E-state index < -0.39 is 0 Å². The minimum Gasteiger partial charge on any atom is -0.463 e. The van der Waals surface area contributed by atoms with Crippen molar-refractivity contribution in [1.82, 2.24) is 6.15 Å². The van der Waals surface area contributed by atoms with Gasteiger partial charge in [0.1, 0.15) is 0 Å². The second-order valence-corrected chi connectivity index (χ2v) is 2.64. The Morgan fingerprint density at radius 3 is 2.46 bits per heavy atom. The number of hydrogen-bond donors (Lipinski definition) is 2. The summed E-state index contributed by atoms with van der Waals surface area (Å²) in [7, 11) is 0. The molecule has 0 fully saturated rings. The highest BCUT2D eigenvalue weighted by molar-refractivity contribution is 5.87. The van der Waals surface area contributed by atoms with Gasteiger partial charge in [-0.1, -0.05) is 13.0 Å². The summed E-state index contributed by atoms with van der Waals surface area (Å²) in [5.74, 6) is -0.276. The van der Waals surface area contributed by atoms with Crippen LogP contribution in [0.1, 0.15) is 27.2 Å². The van der Waals surface area contributed by atoms with Gasteiger partial charge in [-0.15, -0.1) is 0 Å². The van der Waals surface area contributed by atoms with Gasteiger partial charge in [-0.05, 0) is 20.3 Å². The average molecular weight is 188 g/mol. The fourth-order valence-corrected chi connectivity index (χ4v) is 0.752. The number of hydrogen-bond acceptors (Lipinski definition) is 4. The molecule has 0 amide bonds. The van der Waals surface area contributed by atoms with Gasteiger partial charge in [-0.2, -0.15) is 0 Å². The van der Waals surface area contributed by atoms with Gasteiger partial charge in [0, 0.05) is 11.6 Å². The van der Waals surface area contributed by atoms with Crippen molar-refractivity contribution in [3.63, 3.8) is 0 Å². The summed E-state index contributed by atoms with van der Waals surface area (Å²) in [6.45, 7) is 5.88. The molecule has 0 aromatic carbocycles. The van der Waals surface area contributed by atoms with E-state index in [9.17, 15) is 4.79 Å². The van der Waals surface area contributed by atoms with Crippen LogP contribution in [-0.4, -0.2) is 18.6 Å². The molecule has 13 heavy (non-hydrogen) atoms. The Balaban J connectivity index is 0. The van der Waals surface area contributed by atoms with Gasteiger partial charge in [-0.3, -0.25) is 0 Å². The summed E-state index contributed by atoms with van der Waals surface area (Å²) >= 11 is 0. The van der Waals surface area contributed by atoms with Gasteiger partial charge in [0.25, 0.3) is 0 Å². The van der Waals surface area contributed by atoms with Crippen molar-refractivity contribution in [2.45, 2.75) is 33.2 Å². The first-order valence-electron chi connectivity index (χ1n) is 4.22. The second-order valence-electron chi connectivity index (χ2n) is 2.64. The van der Waals surface area contributed by atoms with Crippen molar-refractivity contribution < 1.29 is 9.53 Å². The highest BCUT2D eigenvalue weighted by Crippen LogP contribution is 1.99. The quantitative estimate of drug-likeness (QED) is 0.515. The largest absolute Gasteiger partial charge is 0.463 e. The van der Waals surface area contributed by atoms with Crippen molar-refractivity contribution >= 4 is 5.97 Å². The van der Waals surface area contributed by atoms with Crippen LogP contribution in [-0.2, 0) is 9.53 Å². The van der Waals surface area contributed by atoms with Crippen LogP contribution in [0.5, 0.6) is 0 Å². The molecule has 0 saturated heterocycles. The molecule has 0 aromatic rings. The lowest BCUT2D eigenvalue weighted by Crippen LogP contribution is -2.17. The number of ether oxygens (including phenoxy) is 1. The highest BCUT2D eigenvalue weighted by Gasteiger charge is 2.05. The molecular weight excluding hydrogens is 168 g/mol. The minimum absolute atomic E-state index is 0. The Morgan fingerprint density at radius 2 is 2.08 bits per heavy atom. The number of rotatable bonds is 4. The van der Waals surface area contributed by atoms with Gasteiger partial charge in [-0.25, -0.2) is 4.79 Å². The molecule has 1 unspecified atom stereocenters. The van der Waals surface area contributed by atoms with E-state index in [0.717, 1.165) is 6.42 Å². The molecule has 0 aromatic heterocycles. The molecule has 0 bridgehead atoms. The predicted molar refractivity (Wildman–Crippen MR) is 53.7 cm³/mol. The number of carbonyl (C=O) groups excluding carboxylic acids is 1.